The molecule has 1 saturated heterocycles. The fraction of sp³-hybridized carbons (Fsp3) is 0.500. The molecule has 0 unspecified atom stereocenters. The molecule has 0 saturated carbocycles. The molecular weight excluding hydrogens is 536 g/mol. The van der Waals surface area contributed by atoms with Crippen LogP contribution in [0.15, 0.2) is 69.3 Å². The van der Waals surface area contributed by atoms with E-state index >= 15 is 0 Å². The second-order valence-corrected chi connectivity index (χ2v) is 13.7. The third kappa shape index (κ3) is 9.04. The fourth-order valence-electron chi connectivity index (χ4n) is 3.58. The van der Waals surface area contributed by atoms with Gasteiger partial charge in [-0.1, -0.05) is 62.5 Å². The standard InChI is InChI=1S/C26H36N2O4S3.ClH/c1-21(20-33-25(29)26(2,3)4)28(15-14-27-16-18-32-19-17-27)35(30,31)24-12-10-23(11-13-24)34-22-8-6-5-7-9-22;/h5-13,21H,14-20H2,1-4H3;1H/t21-;/m1./s1. The number of thioether (sulfide) groups is 1. The number of carbonyl (C=O) groups excluding carboxylic acids is 1. The maximum absolute atomic E-state index is 13.7. The normalized spacial score (nSPS) is 15.9. The summed E-state index contributed by atoms with van der Waals surface area (Å²) < 4.78 is 34.5. The molecule has 1 heterocycles. The van der Waals surface area contributed by atoms with Crippen molar-refractivity contribution in [2.75, 3.05) is 45.1 Å². The van der Waals surface area contributed by atoms with Crippen molar-refractivity contribution < 1.29 is 17.9 Å². The number of carbonyl (C=O) groups is 1. The molecular formula is C26H37ClN2O4S3. The molecule has 0 N–H and O–H groups in total. The molecule has 1 atom stereocenters. The van der Waals surface area contributed by atoms with Crippen LogP contribution in [0.4, 0.5) is 0 Å². The van der Waals surface area contributed by atoms with Crippen molar-refractivity contribution in [2.45, 2.75) is 48.4 Å². The SMILES string of the molecule is C[C@H](CSC(=O)C(C)(C)C)N(CCN1CCOCC1)S(=O)(=O)c1ccc(Sc2ccccc2)cc1.Cl. The maximum Gasteiger partial charge on any atom is 0.243 e. The summed E-state index contributed by atoms with van der Waals surface area (Å²) in [6.07, 6.45) is 0. The van der Waals surface area contributed by atoms with Crippen molar-refractivity contribution >= 4 is 51.1 Å². The van der Waals surface area contributed by atoms with E-state index in [9.17, 15) is 13.2 Å². The van der Waals surface area contributed by atoms with Gasteiger partial charge in [0.1, 0.15) is 0 Å². The van der Waals surface area contributed by atoms with Crippen LogP contribution >= 0.6 is 35.9 Å². The van der Waals surface area contributed by atoms with Crippen molar-refractivity contribution in [1.82, 2.24) is 9.21 Å². The van der Waals surface area contributed by atoms with Crippen LogP contribution in [-0.2, 0) is 19.6 Å². The minimum atomic E-state index is -3.73. The summed E-state index contributed by atoms with van der Waals surface area (Å²) in [5.41, 5.74) is -0.464. The van der Waals surface area contributed by atoms with Crippen LogP contribution < -0.4 is 0 Å². The van der Waals surface area contributed by atoms with E-state index in [1.165, 1.54) is 11.8 Å². The molecule has 3 rings (SSSR count). The Labute approximate surface area is 231 Å². The van der Waals surface area contributed by atoms with E-state index in [0.29, 0.717) is 32.1 Å². The average Bonchev–Trinajstić information content (AvgIpc) is 2.83. The van der Waals surface area contributed by atoms with Crippen LogP contribution in [0.5, 0.6) is 0 Å². The zero-order chi connectivity index (χ0) is 25.5. The number of rotatable bonds is 10. The number of sulfonamides is 1. The van der Waals surface area contributed by atoms with E-state index in [4.69, 9.17) is 4.74 Å². The molecule has 1 fully saturated rings. The van der Waals surface area contributed by atoms with Crippen LogP contribution in [0.3, 0.4) is 0 Å². The number of hydrogen-bond donors (Lipinski definition) is 0. The minimum Gasteiger partial charge on any atom is -0.379 e. The lowest BCUT2D eigenvalue weighted by Gasteiger charge is -2.32. The Balaban J connectivity index is 0.00000456. The quantitative estimate of drug-likeness (QED) is 0.384. The lowest BCUT2D eigenvalue weighted by molar-refractivity contribution is -0.117. The Morgan fingerprint density at radius 2 is 1.61 bits per heavy atom. The van der Waals surface area contributed by atoms with Gasteiger partial charge < -0.3 is 4.74 Å². The van der Waals surface area contributed by atoms with Gasteiger partial charge in [0.2, 0.25) is 10.0 Å². The third-order valence-corrected chi connectivity index (χ3v) is 10.3. The first-order valence-electron chi connectivity index (χ1n) is 11.9. The number of benzene rings is 2. The van der Waals surface area contributed by atoms with Crippen molar-refractivity contribution in [3.8, 4) is 0 Å². The largest absolute Gasteiger partial charge is 0.379 e. The van der Waals surface area contributed by atoms with Crippen molar-refractivity contribution in [3.63, 3.8) is 0 Å². The highest BCUT2D eigenvalue weighted by molar-refractivity contribution is 8.13. The van der Waals surface area contributed by atoms with Gasteiger partial charge in [0.25, 0.3) is 0 Å². The Bertz CT molecular complexity index is 1050. The first-order chi connectivity index (χ1) is 16.6. The molecule has 0 bridgehead atoms. The summed E-state index contributed by atoms with van der Waals surface area (Å²) in [5, 5.41) is 0.0668. The summed E-state index contributed by atoms with van der Waals surface area (Å²) >= 11 is 2.81. The van der Waals surface area contributed by atoms with Crippen molar-refractivity contribution in [3.05, 3.63) is 54.6 Å². The lowest BCUT2D eigenvalue weighted by atomic mass is 10.00. The van der Waals surface area contributed by atoms with E-state index in [1.807, 2.05) is 70.2 Å². The van der Waals surface area contributed by atoms with E-state index in [-0.39, 0.29) is 28.5 Å². The van der Waals surface area contributed by atoms with Crippen LogP contribution in [-0.4, -0.2) is 73.9 Å². The molecule has 36 heavy (non-hydrogen) atoms. The zero-order valence-corrected chi connectivity index (χ0v) is 24.6. The lowest BCUT2D eigenvalue weighted by Crippen LogP contribution is -2.46. The van der Waals surface area contributed by atoms with Gasteiger partial charge in [-0.2, -0.15) is 4.31 Å². The van der Waals surface area contributed by atoms with Gasteiger partial charge in [0.05, 0.1) is 18.1 Å². The van der Waals surface area contributed by atoms with Gasteiger partial charge in [0, 0.05) is 53.2 Å². The Morgan fingerprint density at radius 1 is 1.03 bits per heavy atom. The maximum atomic E-state index is 13.7. The monoisotopic (exact) mass is 572 g/mol. The van der Waals surface area contributed by atoms with Crippen molar-refractivity contribution in [1.29, 1.82) is 0 Å². The Hall–Kier alpha value is -1.07. The van der Waals surface area contributed by atoms with Crippen LogP contribution in [0.25, 0.3) is 0 Å². The summed E-state index contributed by atoms with van der Waals surface area (Å²) in [6, 6.07) is 16.7. The molecule has 0 spiro atoms. The van der Waals surface area contributed by atoms with Gasteiger partial charge in [-0.3, -0.25) is 9.69 Å². The van der Waals surface area contributed by atoms with Crippen LogP contribution in [0, 0.1) is 5.41 Å². The van der Waals surface area contributed by atoms with E-state index in [0.717, 1.165) is 22.9 Å². The zero-order valence-electron chi connectivity index (χ0n) is 21.4. The molecule has 10 heteroatoms. The molecule has 2 aromatic rings. The van der Waals surface area contributed by atoms with Crippen LogP contribution in [0.1, 0.15) is 27.7 Å². The number of halogens is 1. The minimum absolute atomic E-state index is 0. The topological polar surface area (TPSA) is 66.9 Å². The van der Waals surface area contributed by atoms with E-state index in [1.54, 1.807) is 28.2 Å². The fourth-order valence-corrected chi connectivity index (χ4v) is 7.14. The van der Waals surface area contributed by atoms with Gasteiger partial charge in [-0.25, -0.2) is 8.42 Å². The number of hydrogen-bond acceptors (Lipinski definition) is 7. The van der Waals surface area contributed by atoms with Gasteiger partial charge in [0.15, 0.2) is 5.12 Å². The second-order valence-electron chi connectivity index (χ2n) is 9.65. The summed E-state index contributed by atoms with van der Waals surface area (Å²) in [6.45, 7) is 11.5. The molecule has 200 valence electrons. The smallest absolute Gasteiger partial charge is 0.243 e. The number of ether oxygens (including phenoxy) is 1. The highest BCUT2D eigenvalue weighted by atomic mass is 35.5. The Kier molecular flexibility index (Phi) is 12.3. The Morgan fingerprint density at radius 3 is 2.19 bits per heavy atom. The molecule has 6 nitrogen and oxygen atoms in total. The predicted molar refractivity (Wildman–Crippen MR) is 152 cm³/mol. The number of nitrogens with zero attached hydrogens (tertiary/aromatic N) is 2. The number of morpholine rings is 1. The van der Waals surface area contributed by atoms with E-state index in [2.05, 4.69) is 4.90 Å². The van der Waals surface area contributed by atoms with Crippen LogP contribution in [0.2, 0.25) is 0 Å². The molecule has 1 aliphatic heterocycles. The molecule has 0 amide bonds. The van der Waals surface area contributed by atoms with Crippen molar-refractivity contribution in [2.24, 2.45) is 5.41 Å². The van der Waals surface area contributed by atoms with Gasteiger partial charge >= 0.3 is 0 Å². The highest BCUT2D eigenvalue weighted by Crippen LogP contribution is 2.30. The molecule has 0 aromatic heterocycles. The first kappa shape index (κ1) is 31.1. The third-order valence-electron chi connectivity index (χ3n) is 5.71. The summed E-state index contributed by atoms with van der Waals surface area (Å²) in [7, 11) is -3.73. The molecule has 1 aliphatic rings. The van der Waals surface area contributed by atoms with Gasteiger partial charge in [-0.05, 0) is 43.3 Å². The first-order valence-corrected chi connectivity index (χ1v) is 15.1. The summed E-state index contributed by atoms with van der Waals surface area (Å²) in [4.78, 5) is 17.1. The predicted octanol–water partition coefficient (Wildman–Crippen LogP) is 5.28. The molecule has 0 radical (unpaired) electrons. The molecule has 0 aliphatic carbocycles. The second kappa shape index (κ2) is 14.2. The van der Waals surface area contributed by atoms with Gasteiger partial charge in [-0.15, -0.1) is 12.4 Å². The molecule has 2 aromatic carbocycles. The highest BCUT2D eigenvalue weighted by Gasteiger charge is 2.31. The average molecular weight is 573 g/mol. The van der Waals surface area contributed by atoms with E-state index < -0.39 is 15.4 Å². The summed E-state index contributed by atoms with van der Waals surface area (Å²) in [5.74, 6) is 0.417.